The van der Waals surface area contributed by atoms with Gasteiger partial charge in [-0.15, -0.1) is 0 Å². The van der Waals surface area contributed by atoms with E-state index in [2.05, 4.69) is 26.1 Å². The van der Waals surface area contributed by atoms with Crippen molar-refractivity contribution in [3.63, 3.8) is 0 Å². The zero-order valence-corrected chi connectivity index (χ0v) is 14.4. The van der Waals surface area contributed by atoms with Crippen LogP contribution in [0.1, 0.15) is 39.2 Å². The number of aryl methyl sites for hydroxylation is 1. The topological polar surface area (TPSA) is 21.3 Å². The number of hydrogen-bond donors (Lipinski definition) is 1. The number of rotatable bonds is 8. The highest BCUT2D eigenvalue weighted by molar-refractivity contribution is 6.34. The first-order valence-electron chi connectivity index (χ1n) is 7.12. The maximum atomic E-state index is 6.28. The molecule has 2 nitrogen and oxygen atoms in total. The highest BCUT2D eigenvalue weighted by Crippen LogP contribution is 2.34. The Kier molecular flexibility index (Phi) is 7.14. The molecule has 1 aromatic carbocycles. The Morgan fingerprint density at radius 2 is 1.85 bits per heavy atom. The number of halogens is 2. The standard InChI is InChI=1S/C16H25Cl2NO/c1-5-19-9-8-16(2,3)7-6-12-10-14(18)15(20-4)11-13(12)17/h10-11,19H,5-9H2,1-4H3. The molecule has 114 valence electrons. The van der Waals surface area contributed by atoms with Crippen molar-refractivity contribution in [1.29, 1.82) is 0 Å². The van der Waals surface area contributed by atoms with Crippen molar-refractivity contribution in [3.05, 3.63) is 27.7 Å². The Bertz CT molecular complexity index is 433. The molecule has 0 radical (unpaired) electrons. The number of hydrogen-bond acceptors (Lipinski definition) is 2. The monoisotopic (exact) mass is 317 g/mol. The summed E-state index contributed by atoms with van der Waals surface area (Å²) in [6.07, 6.45) is 3.17. The third-order valence-corrected chi connectivity index (χ3v) is 4.27. The zero-order chi connectivity index (χ0) is 15.2. The lowest BCUT2D eigenvalue weighted by atomic mass is 9.83. The molecule has 0 bridgehead atoms. The average molecular weight is 318 g/mol. The largest absolute Gasteiger partial charge is 0.495 e. The molecule has 0 fully saturated rings. The Hall–Kier alpha value is -0.440. The van der Waals surface area contributed by atoms with E-state index in [9.17, 15) is 0 Å². The van der Waals surface area contributed by atoms with E-state index in [-0.39, 0.29) is 5.41 Å². The van der Waals surface area contributed by atoms with Crippen LogP contribution in [0, 0.1) is 5.41 Å². The molecule has 20 heavy (non-hydrogen) atoms. The van der Waals surface area contributed by atoms with Gasteiger partial charge in [0.15, 0.2) is 0 Å². The lowest BCUT2D eigenvalue weighted by molar-refractivity contribution is 0.303. The molecule has 0 aliphatic carbocycles. The van der Waals surface area contributed by atoms with Crippen LogP contribution in [0.15, 0.2) is 12.1 Å². The first-order chi connectivity index (χ1) is 9.39. The summed E-state index contributed by atoms with van der Waals surface area (Å²) in [7, 11) is 1.60. The van der Waals surface area contributed by atoms with Crippen molar-refractivity contribution in [3.8, 4) is 5.75 Å². The van der Waals surface area contributed by atoms with E-state index in [4.69, 9.17) is 27.9 Å². The summed E-state index contributed by atoms with van der Waals surface area (Å²) in [4.78, 5) is 0. The molecular weight excluding hydrogens is 293 g/mol. The molecular formula is C16H25Cl2NO. The number of ether oxygens (including phenoxy) is 1. The van der Waals surface area contributed by atoms with Crippen LogP contribution in [-0.2, 0) is 6.42 Å². The fourth-order valence-electron chi connectivity index (χ4n) is 2.12. The smallest absolute Gasteiger partial charge is 0.138 e. The molecule has 0 saturated carbocycles. The summed E-state index contributed by atoms with van der Waals surface area (Å²) < 4.78 is 5.17. The van der Waals surface area contributed by atoms with Crippen LogP contribution in [0.5, 0.6) is 5.75 Å². The number of benzene rings is 1. The van der Waals surface area contributed by atoms with E-state index in [0.29, 0.717) is 10.8 Å². The first kappa shape index (κ1) is 17.6. The maximum Gasteiger partial charge on any atom is 0.138 e. The highest BCUT2D eigenvalue weighted by atomic mass is 35.5. The van der Waals surface area contributed by atoms with Gasteiger partial charge in [-0.3, -0.25) is 0 Å². The molecule has 0 heterocycles. The van der Waals surface area contributed by atoms with Crippen molar-refractivity contribution in [2.24, 2.45) is 5.41 Å². The van der Waals surface area contributed by atoms with Crippen LogP contribution in [-0.4, -0.2) is 20.2 Å². The van der Waals surface area contributed by atoms with Gasteiger partial charge in [0, 0.05) is 11.1 Å². The van der Waals surface area contributed by atoms with Crippen molar-refractivity contribution in [2.75, 3.05) is 20.2 Å². The van der Waals surface area contributed by atoms with Gasteiger partial charge in [0.1, 0.15) is 5.75 Å². The lowest BCUT2D eigenvalue weighted by Gasteiger charge is -2.25. The third kappa shape index (κ3) is 5.51. The average Bonchev–Trinajstić information content (AvgIpc) is 2.39. The molecule has 0 atom stereocenters. The third-order valence-electron chi connectivity index (χ3n) is 3.62. The van der Waals surface area contributed by atoms with Crippen LogP contribution < -0.4 is 10.1 Å². The molecule has 0 aromatic heterocycles. The first-order valence-corrected chi connectivity index (χ1v) is 7.88. The summed E-state index contributed by atoms with van der Waals surface area (Å²) in [6.45, 7) is 8.80. The minimum absolute atomic E-state index is 0.290. The minimum atomic E-state index is 0.290. The van der Waals surface area contributed by atoms with Crippen molar-refractivity contribution in [2.45, 2.75) is 40.0 Å². The Labute approximate surface area is 132 Å². The minimum Gasteiger partial charge on any atom is -0.495 e. The van der Waals surface area contributed by atoms with Gasteiger partial charge in [-0.05, 0) is 49.4 Å². The summed E-state index contributed by atoms with van der Waals surface area (Å²) in [5, 5.41) is 4.73. The normalized spacial score (nSPS) is 11.7. The van der Waals surface area contributed by atoms with Crippen LogP contribution in [0.4, 0.5) is 0 Å². The van der Waals surface area contributed by atoms with E-state index in [1.165, 1.54) is 0 Å². The van der Waals surface area contributed by atoms with Gasteiger partial charge in [0.25, 0.3) is 0 Å². The van der Waals surface area contributed by atoms with E-state index in [0.717, 1.165) is 42.9 Å². The van der Waals surface area contributed by atoms with Crippen molar-refractivity contribution in [1.82, 2.24) is 5.32 Å². The highest BCUT2D eigenvalue weighted by Gasteiger charge is 2.18. The molecule has 0 amide bonds. The molecule has 0 aliphatic rings. The molecule has 0 unspecified atom stereocenters. The van der Waals surface area contributed by atoms with E-state index in [1.54, 1.807) is 13.2 Å². The van der Waals surface area contributed by atoms with E-state index >= 15 is 0 Å². The Morgan fingerprint density at radius 3 is 2.45 bits per heavy atom. The van der Waals surface area contributed by atoms with Crippen LogP contribution >= 0.6 is 23.2 Å². The predicted octanol–water partition coefficient (Wildman–Crippen LogP) is 4.96. The Morgan fingerprint density at radius 1 is 1.15 bits per heavy atom. The fourth-order valence-corrected chi connectivity index (χ4v) is 2.63. The summed E-state index contributed by atoms with van der Waals surface area (Å²) in [5.41, 5.74) is 1.38. The van der Waals surface area contributed by atoms with Gasteiger partial charge in [-0.2, -0.15) is 0 Å². The SMILES string of the molecule is CCNCCC(C)(C)CCc1cc(Cl)c(OC)cc1Cl. The van der Waals surface area contributed by atoms with Crippen LogP contribution in [0.3, 0.4) is 0 Å². The number of nitrogens with one attached hydrogen (secondary N) is 1. The second-order valence-corrected chi connectivity index (χ2v) is 6.66. The molecule has 0 spiro atoms. The quantitative estimate of drug-likeness (QED) is 0.684. The summed E-state index contributed by atoms with van der Waals surface area (Å²) >= 11 is 12.4. The van der Waals surface area contributed by atoms with Crippen LogP contribution in [0.2, 0.25) is 10.0 Å². The second-order valence-electron chi connectivity index (χ2n) is 5.85. The van der Waals surface area contributed by atoms with Gasteiger partial charge in [-0.1, -0.05) is 44.0 Å². The summed E-state index contributed by atoms with van der Waals surface area (Å²) in [6, 6.07) is 3.72. The maximum absolute atomic E-state index is 6.28. The molecule has 0 aliphatic heterocycles. The van der Waals surface area contributed by atoms with E-state index < -0.39 is 0 Å². The van der Waals surface area contributed by atoms with Gasteiger partial charge < -0.3 is 10.1 Å². The summed E-state index contributed by atoms with van der Waals surface area (Å²) in [5.74, 6) is 0.631. The van der Waals surface area contributed by atoms with E-state index in [1.807, 2.05) is 6.07 Å². The molecule has 1 rings (SSSR count). The molecule has 0 saturated heterocycles. The van der Waals surface area contributed by atoms with Crippen molar-refractivity contribution < 1.29 is 4.74 Å². The molecule has 1 aromatic rings. The lowest BCUT2D eigenvalue weighted by Crippen LogP contribution is -2.22. The van der Waals surface area contributed by atoms with Gasteiger partial charge in [0.05, 0.1) is 12.1 Å². The van der Waals surface area contributed by atoms with Gasteiger partial charge in [0.2, 0.25) is 0 Å². The Balaban J connectivity index is 2.63. The van der Waals surface area contributed by atoms with Crippen molar-refractivity contribution >= 4 is 23.2 Å². The van der Waals surface area contributed by atoms with Crippen LogP contribution in [0.25, 0.3) is 0 Å². The number of methoxy groups -OCH3 is 1. The van der Waals surface area contributed by atoms with Gasteiger partial charge in [-0.25, -0.2) is 0 Å². The molecule has 4 heteroatoms. The van der Waals surface area contributed by atoms with Gasteiger partial charge >= 0.3 is 0 Å². The fraction of sp³-hybridized carbons (Fsp3) is 0.625. The predicted molar refractivity (Wildman–Crippen MR) is 88.3 cm³/mol. The zero-order valence-electron chi connectivity index (χ0n) is 12.9. The molecule has 1 N–H and O–H groups in total. The second kappa shape index (κ2) is 8.11.